The van der Waals surface area contributed by atoms with Crippen LogP contribution in [-0.2, 0) is 30.3 Å². The van der Waals surface area contributed by atoms with Gasteiger partial charge in [0.1, 0.15) is 22.8 Å². The highest BCUT2D eigenvalue weighted by Crippen LogP contribution is 2.42. The molecule has 4 amide bonds. The molecule has 4 aromatic rings. The lowest BCUT2D eigenvalue weighted by Gasteiger charge is -2.43. The molecule has 4 N–H and O–H groups in total. The fourth-order valence-electron chi connectivity index (χ4n) is 7.10. The summed E-state index contributed by atoms with van der Waals surface area (Å²) in [6, 6.07) is 28.2. The number of hydrogen-bond acceptors (Lipinski definition) is 6. The van der Waals surface area contributed by atoms with E-state index in [1.54, 1.807) is 36.1 Å². The van der Waals surface area contributed by atoms with Crippen molar-refractivity contribution in [1.29, 1.82) is 0 Å². The molecule has 0 saturated carbocycles. The van der Waals surface area contributed by atoms with Gasteiger partial charge in [-0.3, -0.25) is 9.59 Å². The van der Waals surface area contributed by atoms with Crippen LogP contribution < -0.4 is 11.5 Å². The smallest absolute Gasteiger partial charge is 0.411 e. The molecular formula is C42H45ClF2N4O6. The number of amides is 4. The number of ether oxygens (including phenoxy) is 2. The van der Waals surface area contributed by atoms with Crippen molar-refractivity contribution in [2.45, 2.75) is 75.7 Å². The third-order valence-electron chi connectivity index (χ3n) is 10.4. The highest BCUT2D eigenvalue weighted by atomic mass is 35.5. The largest absolute Gasteiger partial charge is 0.438 e. The van der Waals surface area contributed by atoms with Crippen LogP contribution in [0, 0.1) is 11.6 Å². The molecule has 0 aliphatic carbocycles. The molecule has 0 spiro atoms. The van der Waals surface area contributed by atoms with Gasteiger partial charge in [-0.15, -0.1) is 0 Å². The maximum absolute atomic E-state index is 13.5. The quantitative estimate of drug-likeness (QED) is 0.148. The Hall–Kier alpha value is -5.49. The van der Waals surface area contributed by atoms with Crippen molar-refractivity contribution < 1.29 is 37.4 Å². The third kappa shape index (κ3) is 9.99. The molecule has 4 atom stereocenters. The number of benzene rings is 4. The van der Waals surface area contributed by atoms with Crippen molar-refractivity contribution >= 4 is 35.6 Å². The maximum atomic E-state index is 13.5. The first kappa shape index (κ1) is 40.7. The Balaban J connectivity index is 0.000000211. The summed E-state index contributed by atoms with van der Waals surface area (Å²) >= 11 is 5.95. The molecule has 0 aromatic heterocycles. The van der Waals surface area contributed by atoms with E-state index in [-0.39, 0.29) is 37.2 Å². The molecule has 2 aliphatic heterocycles. The second-order valence-corrected chi connectivity index (χ2v) is 14.3. The maximum Gasteiger partial charge on any atom is 0.411 e. The van der Waals surface area contributed by atoms with Crippen LogP contribution in [0.15, 0.2) is 103 Å². The van der Waals surface area contributed by atoms with Gasteiger partial charge >= 0.3 is 12.2 Å². The fraction of sp³-hybridized carbons (Fsp3) is 0.333. The normalized spacial score (nSPS) is 20.7. The van der Waals surface area contributed by atoms with Gasteiger partial charge in [0, 0.05) is 56.6 Å². The summed E-state index contributed by atoms with van der Waals surface area (Å²) in [5.74, 6) is -1.69. The van der Waals surface area contributed by atoms with E-state index in [1.165, 1.54) is 29.2 Å². The Morgan fingerprint density at radius 1 is 0.673 bits per heavy atom. The minimum Gasteiger partial charge on any atom is -0.438 e. The van der Waals surface area contributed by atoms with Crippen molar-refractivity contribution in [3.8, 4) is 0 Å². The summed E-state index contributed by atoms with van der Waals surface area (Å²) in [5.41, 5.74) is 11.9. The molecule has 2 saturated heterocycles. The second kappa shape index (κ2) is 17.8. The number of carbonyl (C=O) groups is 4. The predicted molar refractivity (Wildman–Crippen MR) is 203 cm³/mol. The summed E-state index contributed by atoms with van der Waals surface area (Å²) in [4.78, 5) is 51.6. The molecule has 13 heteroatoms. The van der Waals surface area contributed by atoms with Crippen LogP contribution in [0.1, 0.15) is 86.7 Å². The average Bonchev–Trinajstić information content (AvgIpc) is 3.17. The first-order valence-corrected chi connectivity index (χ1v) is 18.5. The topological polar surface area (TPSA) is 145 Å². The first-order chi connectivity index (χ1) is 26.2. The summed E-state index contributed by atoms with van der Waals surface area (Å²) in [6.07, 6.45) is 0.807. The Morgan fingerprint density at radius 3 is 1.64 bits per heavy atom. The zero-order chi connectivity index (χ0) is 39.8. The van der Waals surface area contributed by atoms with E-state index >= 15 is 0 Å². The molecule has 4 aromatic carbocycles. The molecule has 2 fully saturated rings. The van der Waals surface area contributed by atoms with Crippen molar-refractivity contribution in [2.24, 2.45) is 11.5 Å². The lowest BCUT2D eigenvalue weighted by Crippen LogP contribution is -2.49. The van der Waals surface area contributed by atoms with Gasteiger partial charge in [-0.2, -0.15) is 0 Å². The van der Waals surface area contributed by atoms with Gasteiger partial charge in [0.15, 0.2) is 0 Å². The van der Waals surface area contributed by atoms with E-state index < -0.39 is 41.0 Å². The van der Waals surface area contributed by atoms with Crippen LogP contribution >= 0.6 is 11.6 Å². The van der Waals surface area contributed by atoms with Crippen molar-refractivity contribution in [2.75, 3.05) is 13.1 Å². The molecule has 0 unspecified atom stereocenters. The molecule has 290 valence electrons. The number of primary amides is 2. The van der Waals surface area contributed by atoms with E-state index in [2.05, 4.69) is 0 Å². The van der Waals surface area contributed by atoms with E-state index in [4.69, 9.17) is 32.5 Å². The highest BCUT2D eigenvalue weighted by Gasteiger charge is 2.45. The number of carbonyl (C=O) groups excluding carboxylic acids is 4. The SMILES string of the molecule is C[C@@H](c1ccc(Cl)cc1)N1CC[C@](CCC(N)=O)(c2ccccc2)OC1=O.C[C@@H](c1cccc(F)c1)N1CC[C@](CCC(N)=O)(c2ccc(F)cc2)OC1=O. The average molecular weight is 775 g/mol. The van der Waals surface area contributed by atoms with E-state index in [9.17, 15) is 28.0 Å². The Kier molecular flexibility index (Phi) is 13.1. The van der Waals surface area contributed by atoms with Crippen LogP contribution in [0.25, 0.3) is 0 Å². The van der Waals surface area contributed by atoms with Crippen LogP contribution in [0.5, 0.6) is 0 Å². The number of nitrogens with zero attached hydrogens (tertiary/aromatic N) is 2. The second-order valence-electron chi connectivity index (χ2n) is 13.9. The van der Waals surface area contributed by atoms with Crippen LogP contribution in [0.3, 0.4) is 0 Å². The van der Waals surface area contributed by atoms with Gasteiger partial charge in [0.25, 0.3) is 0 Å². The molecule has 55 heavy (non-hydrogen) atoms. The van der Waals surface area contributed by atoms with Crippen molar-refractivity contribution in [3.63, 3.8) is 0 Å². The van der Waals surface area contributed by atoms with Gasteiger partial charge in [-0.05, 0) is 72.5 Å². The molecule has 2 aliphatic rings. The number of halogens is 3. The summed E-state index contributed by atoms with van der Waals surface area (Å²) in [7, 11) is 0. The van der Waals surface area contributed by atoms with Gasteiger partial charge in [-0.25, -0.2) is 18.4 Å². The lowest BCUT2D eigenvalue weighted by atomic mass is 9.84. The Morgan fingerprint density at radius 2 is 1.16 bits per heavy atom. The number of rotatable bonds is 12. The minimum absolute atomic E-state index is 0.0319. The Labute approximate surface area is 324 Å². The van der Waals surface area contributed by atoms with E-state index in [0.29, 0.717) is 48.5 Å². The summed E-state index contributed by atoms with van der Waals surface area (Å²) < 4.78 is 38.6. The lowest BCUT2D eigenvalue weighted by molar-refractivity contribution is -0.121. The monoisotopic (exact) mass is 774 g/mol. The minimum atomic E-state index is -1.06. The summed E-state index contributed by atoms with van der Waals surface area (Å²) in [6.45, 7) is 4.62. The number of hydrogen-bond donors (Lipinski definition) is 2. The zero-order valence-corrected chi connectivity index (χ0v) is 31.5. The standard InChI is InChI=1S/C21H23ClN2O3.C21H22F2N2O3/c1-15(16-7-9-18(22)10-8-16)24-14-13-21(27-20(24)26,12-11-19(23)25)17-5-3-2-4-6-17;1-14(15-3-2-4-18(23)13-15)25-12-11-21(28-20(25)27,10-9-19(24)26)16-5-7-17(22)8-6-16/h2-10,15H,11-14H2,1H3,(H2,23,25);2-8,13-14H,9-12H2,1H3,(H2,24,26)/t15-,21+;14-,21+/m00/s1. The molecule has 10 nitrogen and oxygen atoms in total. The molecule has 0 bridgehead atoms. The van der Waals surface area contributed by atoms with Gasteiger partial charge < -0.3 is 30.7 Å². The molecule has 2 heterocycles. The molecule has 6 rings (SSSR count). The highest BCUT2D eigenvalue weighted by molar-refractivity contribution is 6.30. The molecular weight excluding hydrogens is 730 g/mol. The van der Waals surface area contributed by atoms with E-state index in [1.807, 2.05) is 61.5 Å². The zero-order valence-electron chi connectivity index (χ0n) is 30.8. The van der Waals surface area contributed by atoms with Gasteiger partial charge in [-0.1, -0.05) is 78.3 Å². The predicted octanol–water partition coefficient (Wildman–Crippen LogP) is 8.43. The van der Waals surface area contributed by atoms with Crippen molar-refractivity contribution in [3.05, 3.63) is 142 Å². The van der Waals surface area contributed by atoms with Gasteiger partial charge in [0.2, 0.25) is 11.8 Å². The van der Waals surface area contributed by atoms with Gasteiger partial charge in [0.05, 0.1) is 12.1 Å². The fourth-order valence-corrected chi connectivity index (χ4v) is 7.23. The first-order valence-electron chi connectivity index (χ1n) is 18.1. The van der Waals surface area contributed by atoms with Crippen LogP contribution in [0.4, 0.5) is 18.4 Å². The Bertz CT molecular complexity index is 1970. The molecule has 0 radical (unpaired) electrons. The van der Waals surface area contributed by atoms with Crippen LogP contribution in [0.2, 0.25) is 5.02 Å². The van der Waals surface area contributed by atoms with Crippen LogP contribution in [-0.4, -0.2) is 46.9 Å². The van der Waals surface area contributed by atoms with Crippen molar-refractivity contribution in [1.82, 2.24) is 9.80 Å². The third-order valence-corrected chi connectivity index (χ3v) is 10.6. The van der Waals surface area contributed by atoms with E-state index in [0.717, 1.165) is 11.1 Å². The summed E-state index contributed by atoms with van der Waals surface area (Å²) in [5, 5.41) is 0.654. The number of cyclic esters (lactones) is 2. The number of nitrogens with two attached hydrogens (primary N) is 2.